The molecule has 6 aromatic rings. The van der Waals surface area contributed by atoms with Crippen LogP contribution in [0.3, 0.4) is 0 Å². The molecule has 0 aliphatic rings. The molecule has 0 bridgehead atoms. The Morgan fingerprint density at radius 1 is 0.524 bits per heavy atom. The van der Waals surface area contributed by atoms with Crippen molar-refractivity contribution in [3.8, 4) is 0 Å². The second kappa shape index (κ2) is 33.4. The van der Waals surface area contributed by atoms with E-state index in [1.165, 1.54) is 64.4 Å². The quantitative estimate of drug-likeness (QED) is 0.00650. The number of rotatable bonds is 38. The Kier molecular flexibility index (Phi) is 26.6. The van der Waals surface area contributed by atoms with E-state index in [-0.39, 0.29) is 128 Å². The van der Waals surface area contributed by atoms with Crippen molar-refractivity contribution in [1.82, 2.24) is 29.9 Å². The van der Waals surface area contributed by atoms with Crippen molar-refractivity contribution in [3.05, 3.63) is 96.1 Å². The largest absolute Gasteiger partial charge is 0.397 e. The van der Waals surface area contributed by atoms with Gasteiger partial charge in [-0.15, -0.1) is 8.67 Å². The predicted octanol–water partition coefficient (Wildman–Crippen LogP) is 4.01. The van der Waals surface area contributed by atoms with E-state index < -0.39 is 47.6 Å². The molecule has 84 heavy (non-hydrogen) atoms. The monoisotopic (exact) mass is 1290 g/mol. The molecule has 2 heterocycles. The van der Waals surface area contributed by atoms with E-state index in [2.05, 4.69) is 69.8 Å². The highest BCUT2D eigenvalue weighted by molar-refractivity contribution is 7.95. The molecule has 0 atom stereocenters. The van der Waals surface area contributed by atoms with E-state index in [4.69, 9.17) is 32.8 Å². The van der Waals surface area contributed by atoms with E-state index in [1.54, 1.807) is 36.4 Å². The van der Waals surface area contributed by atoms with Gasteiger partial charge in [0.1, 0.15) is 11.5 Å². The van der Waals surface area contributed by atoms with Crippen LogP contribution in [-0.4, -0.2) is 173 Å². The van der Waals surface area contributed by atoms with Crippen molar-refractivity contribution in [2.45, 2.75) is 19.6 Å². The molecule has 0 amide bonds. The smallest absolute Gasteiger partial charge is 0.395 e. The highest BCUT2D eigenvalue weighted by Crippen LogP contribution is 2.33. The summed E-state index contributed by atoms with van der Waals surface area (Å²) in [6.07, 6.45) is 2.83. The first-order valence-electron chi connectivity index (χ1n) is 23.7. The predicted molar refractivity (Wildman–Crippen MR) is 302 cm³/mol. The molecule has 0 aliphatic heterocycles. The maximum atomic E-state index is 12.9. The number of hydrogen-bond acceptors (Lipinski definition) is 35. The fourth-order valence-corrected chi connectivity index (χ4v) is 10.2. The van der Waals surface area contributed by atoms with Crippen molar-refractivity contribution in [3.63, 3.8) is 0 Å². The summed E-state index contributed by atoms with van der Waals surface area (Å²) in [5, 5.41) is 75.4. The summed E-state index contributed by atoms with van der Waals surface area (Å²) in [6.45, 7) is -2.14. The number of anilines is 10. The van der Waals surface area contributed by atoms with Gasteiger partial charge in [-0.2, -0.15) is 51.1 Å². The molecule has 456 valence electrons. The number of nitrogens with one attached hydrogen (secondary N) is 4. The third-order valence-corrected chi connectivity index (χ3v) is 15.1. The first-order chi connectivity index (χ1) is 40.3. The molecule has 0 spiro atoms. The lowest BCUT2D eigenvalue weighted by Gasteiger charge is -2.21. The lowest BCUT2D eigenvalue weighted by Crippen LogP contribution is -2.31. The van der Waals surface area contributed by atoms with Gasteiger partial charge in [-0.1, -0.05) is 34.4 Å². The molecule has 0 saturated heterocycles. The van der Waals surface area contributed by atoms with Crippen LogP contribution in [0.1, 0.15) is 11.1 Å². The van der Waals surface area contributed by atoms with Crippen molar-refractivity contribution >= 4 is 137 Å². The van der Waals surface area contributed by atoms with Gasteiger partial charge in [0.2, 0.25) is 35.7 Å². The maximum Gasteiger partial charge on any atom is 0.397 e. The summed E-state index contributed by atoms with van der Waals surface area (Å²) in [4.78, 5) is 34.7. The molecule has 0 saturated carbocycles. The Morgan fingerprint density at radius 3 is 1.50 bits per heavy atom. The Bertz CT molecular complexity index is 3430. The number of hydrogen-bond donors (Lipinski definition) is 12. The standard InChI is InChI=1S/C44H52N12O22S6/c57-19-15-55(16-20-58)43-52-40(46-32-9-13-36(14-10-32)82(63,64)26-25-73-84(68,69)70)49-41(53-43)47-33-5-3-29(37(27-33)80-77-74-61)1-2-30-4-6-34(28-38(30)83(65,66)67)48-42-50-39(51-44(54-42)56(17-21-59)18-22-60)45-31-7-11-35(12-8-31)79-76-71-23-24-72-81-78-75-62/h1-14,27-28,57-62H,15-26H2,(H,65,66,67)(H,68,69,70)(H2,45,48,50,51,54)(H2,46,47,49,52,53)/b2-1+. The normalized spacial score (nSPS) is 12.0. The Morgan fingerprint density at radius 2 is 1.00 bits per heavy atom. The van der Waals surface area contributed by atoms with Crippen molar-refractivity contribution in [2.75, 3.05) is 109 Å². The number of aliphatic hydroxyl groups is 4. The molecule has 12 N–H and O–H groups in total. The molecule has 0 unspecified atom stereocenters. The summed E-state index contributed by atoms with van der Waals surface area (Å²) in [5.74, 6) is -1.08. The zero-order valence-corrected chi connectivity index (χ0v) is 47.9. The van der Waals surface area contributed by atoms with Crippen molar-refractivity contribution < 1.29 is 102 Å². The fraction of sp³-hybridized carbons (Fsp3) is 0.273. The van der Waals surface area contributed by atoms with E-state index in [0.717, 1.165) is 18.1 Å². The van der Waals surface area contributed by atoms with Crippen LogP contribution in [-0.2, 0) is 66.7 Å². The summed E-state index contributed by atoms with van der Waals surface area (Å²) in [5.41, 5.74) is 1.50. The van der Waals surface area contributed by atoms with Crippen LogP contribution in [0, 0.1) is 0 Å². The molecule has 0 fully saturated rings. The van der Waals surface area contributed by atoms with Crippen LogP contribution < -0.4 is 31.1 Å². The molecule has 2 aromatic heterocycles. The SMILES string of the molecule is O=S(=O)(O)OCCS(=O)(=O)c1ccc(Nc2nc(Nc3ccc(/C=C/c4ccc(Nc5nc(Nc6ccc(SOOCCOSOOO)cc6)nc(N(CCO)CCO)n5)cc4S(=O)(=O)O)c(SOOO)c3)nc(N(CCO)CCO)n2)cc1. The number of aromatic nitrogens is 6. The average molecular weight is 1290 g/mol. The van der Waals surface area contributed by atoms with Gasteiger partial charge in [-0.05, 0) is 83.9 Å². The van der Waals surface area contributed by atoms with Gasteiger partial charge in [0.05, 0.1) is 74.4 Å². The van der Waals surface area contributed by atoms with Gasteiger partial charge in [-0.25, -0.2) is 28.0 Å². The zero-order valence-electron chi connectivity index (χ0n) is 43.0. The number of sulfone groups is 1. The summed E-state index contributed by atoms with van der Waals surface area (Å²) in [7, 11) is -13.9. The second-order valence-corrected chi connectivity index (χ2v) is 22.7. The minimum atomic E-state index is -4.94. The van der Waals surface area contributed by atoms with Crippen LogP contribution >= 0.6 is 36.4 Å². The average Bonchev–Trinajstić information content (AvgIpc) is 3.57. The van der Waals surface area contributed by atoms with Gasteiger partial charge in [0, 0.05) is 58.7 Å². The van der Waals surface area contributed by atoms with E-state index in [1.807, 2.05) is 0 Å². The van der Waals surface area contributed by atoms with E-state index >= 15 is 0 Å². The third-order valence-electron chi connectivity index (χ3n) is 10.4. The topological polar surface area (TPSA) is 470 Å². The minimum absolute atomic E-state index is 0.00236. The van der Waals surface area contributed by atoms with Gasteiger partial charge in [0.25, 0.3) is 10.1 Å². The lowest BCUT2D eigenvalue weighted by atomic mass is 10.1. The fourth-order valence-electron chi connectivity index (χ4n) is 6.82. The molecule has 40 heteroatoms. The first-order valence-corrected chi connectivity index (χ1v) is 30.3. The highest BCUT2D eigenvalue weighted by atomic mass is 32.3. The maximum absolute atomic E-state index is 12.9. The van der Waals surface area contributed by atoms with E-state index in [9.17, 15) is 50.2 Å². The molecule has 4 aromatic carbocycles. The molecule has 34 nitrogen and oxygen atoms in total. The van der Waals surface area contributed by atoms with Crippen LogP contribution in [0.15, 0.2) is 105 Å². The summed E-state index contributed by atoms with van der Waals surface area (Å²) < 4.78 is 115. The van der Waals surface area contributed by atoms with Gasteiger partial charge >= 0.3 is 10.4 Å². The highest BCUT2D eigenvalue weighted by Gasteiger charge is 2.21. The van der Waals surface area contributed by atoms with E-state index in [0.29, 0.717) is 46.2 Å². The second-order valence-electron chi connectivity index (χ2n) is 16.1. The lowest BCUT2D eigenvalue weighted by molar-refractivity contribution is -0.434. The first kappa shape index (κ1) is 66.8. The minimum Gasteiger partial charge on any atom is -0.395 e. The van der Waals surface area contributed by atoms with Crippen LogP contribution in [0.4, 0.5) is 58.4 Å². The Labute approximate surface area is 491 Å². The van der Waals surface area contributed by atoms with Gasteiger partial charge in [-0.3, -0.25) is 13.3 Å². The van der Waals surface area contributed by atoms with Gasteiger partial charge in [0.15, 0.2) is 22.2 Å². The summed E-state index contributed by atoms with van der Waals surface area (Å²) >= 11 is 1.82. The molecular weight excluding hydrogens is 1240 g/mol. The Hall–Kier alpha value is -6.30. The van der Waals surface area contributed by atoms with Crippen molar-refractivity contribution in [2.24, 2.45) is 0 Å². The molecule has 6 rings (SSSR count). The molecular formula is C44H52N12O22S6. The van der Waals surface area contributed by atoms with Gasteiger partial charge < -0.3 is 51.5 Å². The molecule has 0 aliphatic carbocycles. The number of benzene rings is 4. The summed E-state index contributed by atoms with van der Waals surface area (Å²) in [6, 6.07) is 20.5. The molecule has 0 radical (unpaired) electrons. The van der Waals surface area contributed by atoms with Crippen molar-refractivity contribution in [1.29, 1.82) is 0 Å². The number of nitrogens with zero attached hydrogens (tertiary/aromatic N) is 8. The van der Waals surface area contributed by atoms with Crippen LogP contribution in [0.2, 0.25) is 0 Å². The Balaban J connectivity index is 1.23. The third kappa shape index (κ3) is 22.0. The van der Waals surface area contributed by atoms with Crippen LogP contribution in [0.5, 0.6) is 0 Å². The zero-order chi connectivity index (χ0) is 60.5. The number of aliphatic hydroxyl groups excluding tert-OH is 4. The van der Waals surface area contributed by atoms with Crippen LogP contribution in [0.25, 0.3) is 12.2 Å².